The molecule has 1 atom stereocenters. The number of rotatable bonds is 4. The first-order chi connectivity index (χ1) is 6.91. The number of aliphatic hydroxyl groups excluding tert-OH is 1. The summed E-state index contributed by atoms with van der Waals surface area (Å²) in [7, 11) is 0. The van der Waals surface area contributed by atoms with Gasteiger partial charge in [0, 0.05) is 4.88 Å². The van der Waals surface area contributed by atoms with E-state index in [1.165, 1.54) is 4.88 Å². The first-order valence-corrected chi connectivity index (χ1v) is 6.36. The van der Waals surface area contributed by atoms with Crippen LogP contribution in [-0.4, -0.2) is 16.2 Å². The van der Waals surface area contributed by atoms with Crippen molar-refractivity contribution in [3.63, 3.8) is 0 Å². The number of aryl methyl sites for hydroxylation is 2. The van der Waals surface area contributed by atoms with Crippen molar-refractivity contribution in [3.05, 3.63) is 16.1 Å². The maximum atomic E-state index is 9.87. The Balaban J connectivity index is 2.31. The molecule has 0 amide bonds. The fourth-order valence-electron chi connectivity index (χ4n) is 1.46. The number of aliphatic hydroxyl groups is 1. The fourth-order valence-corrected chi connectivity index (χ4v) is 2.28. The average Bonchev–Trinajstić information content (AvgIpc) is 2.50. The molecular formula is C12H21NOS. The second kappa shape index (κ2) is 5.08. The van der Waals surface area contributed by atoms with Gasteiger partial charge in [0.25, 0.3) is 0 Å². The maximum Gasteiger partial charge on any atom is 0.0797 e. The lowest BCUT2D eigenvalue weighted by molar-refractivity contribution is 0.0541. The van der Waals surface area contributed by atoms with E-state index >= 15 is 0 Å². The predicted octanol–water partition coefficient (Wildman–Crippen LogP) is 3.18. The van der Waals surface area contributed by atoms with Gasteiger partial charge in [-0.15, -0.1) is 11.3 Å². The number of hydrogen-bond donors (Lipinski definition) is 1. The lowest BCUT2D eigenvalue weighted by atomic mass is 9.86. The zero-order chi connectivity index (χ0) is 11.5. The minimum atomic E-state index is -0.203. The number of thiazole rings is 1. The van der Waals surface area contributed by atoms with Crippen molar-refractivity contribution in [1.29, 1.82) is 0 Å². The summed E-state index contributed by atoms with van der Waals surface area (Å²) in [6, 6.07) is 0. The molecule has 15 heavy (non-hydrogen) atoms. The molecule has 1 aromatic rings. The molecule has 86 valence electrons. The van der Waals surface area contributed by atoms with E-state index in [1.807, 2.05) is 12.4 Å². The SMILES string of the molecule is Cc1ncsc1CCCC(O)C(C)(C)C. The molecule has 0 saturated heterocycles. The molecule has 0 aromatic carbocycles. The van der Waals surface area contributed by atoms with Gasteiger partial charge in [0.2, 0.25) is 0 Å². The van der Waals surface area contributed by atoms with E-state index in [0.717, 1.165) is 25.0 Å². The van der Waals surface area contributed by atoms with Crippen LogP contribution in [0.2, 0.25) is 0 Å². The zero-order valence-corrected chi connectivity index (χ0v) is 10.9. The topological polar surface area (TPSA) is 33.1 Å². The van der Waals surface area contributed by atoms with E-state index in [-0.39, 0.29) is 11.5 Å². The first kappa shape index (κ1) is 12.7. The summed E-state index contributed by atoms with van der Waals surface area (Å²) < 4.78 is 0. The normalized spacial score (nSPS) is 14.2. The van der Waals surface area contributed by atoms with Gasteiger partial charge in [-0.1, -0.05) is 20.8 Å². The highest BCUT2D eigenvalue weighted by atomic mass is 32.1. The predicted molar refractivity (Wildman–Crippen MR) is 65.3 cm³/mol. The number of hydrogen-bond acceptors (Lipinski definition) is 3. The monoisotopic (exact) mass is 227 g/mol. The Hall–Kier alpha value is -0.410. The Bertz CT molecular complexity index is 301. The van der Waals surface area contributed by atoms with Crippen LogP contribution in [0.25, 0.3) is 0 Å². The smallest absolute Gasteiger partial charge is 0.0797 e. The second-order valence-electron chi connectivity index (χ2n) is 5.13. The Morgan fingerprint density at radius 1 is 1.47 bits per heavy atom. The van der Waals surface area contributed by atoms with Crippen molar-refractivity contribution in [2.24, 2.45) is 5.41 Å². The third-order valence-corrected chi connectivity index (χ3v) is 3.72. The second-order valence-corrected chi connectivity index (χ2v) is 6.07. The Morgan fingerprint density at radius 2 is 2.13 bits per heavy atom. The summed E-state index contributed by atoms with van der Waals surface area (Å²) in [5.74, 6) is 0. The highest BCUT2D eigenvalue weighted by Gasteiger charge is 2.21. The molecule has 0 saturated carbocycles. The van der Waals surface area contributed by atoms with Crippen molar-refractivity contribution in [2.75, 3.05) is 0 Å². The number of aromatic nitrogens is 1. The summed E-state index contributed by atoms with van der Waals surface area (Å²) in [5.41, 5.74) is 3.04. The van der Waals surface area contributed by atoms with Crippen LogP contribution in [0, 0.1) is 12.3 Å². The molecule has 1 aromatic heterocycles. The summed E-state index contributed by atoms with van der Waals surface area (Å²) in [6.45, 7) is 8.28. The van der Waals surface area contributed by atoms with Crippen LogP contribution in [0.15, 0.2) is 5.51 Å². The van der Waals surface area contributed by atoms with Gasteiger partial charge in [0.1, 0.15) is 0 Å². The summed E-state index contributed by atoms with van der Waals surface area (Å²) in [5, 5.41) is 9.87. The van der Waals surface area contributed by atoms with E-state index in [9.17, 15) is 5.11 Å². The van der Waals surface area contributed by atoms with E-state index in [1.54, 1.807) is 11.3 Å². The quantitative estimate of drug-likeness (QED) is 0.857. The van der Waals surface area contributed by atoms with Crippen molar-refractivity contribution in [2.45, 2.75) is 53.1 Å². The minimum absolute atomic E-state index is 0.00272. The first-order valence-electron chi connectivity index (χ1n) is 5.48. The zero-order valence-electron chi connectivity index (χ0n) is 10.1. The molecular weight excluding hydrogens is 206 g/mol. The maximum absolute atomic E-state index is 9.87. The van der Waals surface area contributed by atoms with Crippen LogP contribution < -0.4 is 0 Å². The van der Waals surface area contributed by atoms with Gasteiger partial charge in [0.15, 0.2) is 0 Å². The van der Waals surface area contributed by atoms with Crippen molar-refractivity contribution >= 4 is 11.3 Å². The molecule has 1 heterocycles. The van der Waals surface area contributed by atoms with Crippen LogP contribution in [0.3, 0.4) is 0 Å². The van der Waals surface area contributed by atoms with Gasteiger partial charge in [-0.2, -0.15) is 0 Å². The van der Waals surface area contributed by atoms with Gasteiger partial charge in [-0.3, -0.25) is 0 Å². The fraction of sp³-hybridized carbons (Fsp3) is 0.750. The summed E-state index contributed by atoms with van der Waals surface area (Å²) >= 11 is 1.72. The molecule has 3 heteroatoms. The van der Waals surface area contributed by atoms with Crippen LogP contribution in [0.4, 0.5) is 0 Å². The average molecular weight is 227 g/mol. The van der Waals surface area contributed by atoms with Gasteiger partial charge >= 0.3 is 0 Å². The van der Waals surface area contributed by atoms with E-state index in [2.05, 4.69) is 25.8 Å². The van der Waals surface area contributed by atoms with Crippen molar-refractivity contribution in [3.8, 4) is 0 Å². The van der Waals surface area contributed by atoms with Crippen LogP contribution in [0.1, 0.15) is 44.2 Å². The Morgan fingerprint density at radius 3 is 2.60 bits per heavy atom. The molecule has 0 radical (unpaired) electrons. The molecule has 1 unspecified atom stereocenters. The van der Waals surface area contributed by atoms with Gasteiger partial charge in [-0.25, -0.2) is 4.98 Å². The minimum Gasteiger partial charge on any atom is -0.393 e. The Kier molecular flexibility index (Phi) is 4.29. The van der Waals surface area contributed by atoms with Gasteiger partial charge in [-0.05, 0) is 31.6 Å². The van der Waals surface area contributed by atoms with Crippen LogP contribution in [0.5, 0.6) is 0 Å². The molecule has 0 bridgehead atoms. The van der Waals surface area contributed by atoms with Gasteiger partial charge < -0.3 is 5.11 Å². The van der Waals surface area contributed by atoms with Crippen molar-refractivity contribution < 1.29 is 5.11 Å². The van der Waals surface area contributed by atoms with Crippen LogP contribution >= 0.6 is 11.3 Å². The Labute approximate surface area is 96.4 Å². The largest absolute Gasteiger partial charge is 0.393 e. The highest BCUT2D eigenvalue weighted by Crippen LogP contribution is 2.24. The van der Waals surface area contributed by atoms with E-state index < -0.39 is 0 Å². The van der Waals surface area contributed by atoms with Crippen LogP contribution in [-0.2, 0) is 6.42 Å². The van der Waals surface area contributed by atoms with Gasteiger partial charge in [0.05, 0.1) is 17.3 Å². The summed E-state index contributed by atoms with van der Waals surface area (Å²) in [6.07, 6.45) is 2.76. The standard InChI is InChI=1S/C12H21NOS/c1-9-10(15-8-13-9)6-5-7-11(14)12(2,3)4/h8,11,14H,5-7H2,1-4H3. The van der Waals surface area contributed by atoms with E-state index in [4.69, 9.17) is 0 Å². The summed E-state index contributed by atoms with van der Waals surface area (Å²) in [4.78, 5) is 5.58. The molecule has 0 spiro atoms. The molecule has 1 N–H and O–H groups in total. The molecule has 0 aliphatic heterocycles. The molecule has 0 aliphatic carbocycles. The molecule has 2 nitrogen and oxygen atoms in total. The lowest BCUT2D eigenvalue weighted by Crippen LogP contribution is -2.25. The lowest BCUT2D eigenvalue weighted by Gasteiger charge is -2.25. The molecule has 1 rings (SSSR count). The highest BCUT2D eigenvalue weighted by molar-refractivity contribution is 7.09. The molecule has 0 aliphatic rings. The molecule has 0 fully saturated rings. The third-order valence-electron chi connectivity index (χ3n) is 2.73. The number of nitrogens with zero attached hydrogens (tertiary/aromatic N) is 1. The van der Waals surface area contributed by atoms with Crippen molar-refractivity contribution in [1.82, 2.24) is 4.98 Å². The van der Waals surface area contributed by atoms with E-state index in [0.29, 0.717) is 0 Å². The third kappa shape index (κ3) is 3.92.